The van der Waals surface area contributed by atoms with Gasteiger partial charge in [-0.1, -0.05) is 0 Å². The van der Waals surface area contributed by atoms with Crippen LogP contribution < -0.4 is 0 Å². The summed E-state index contributed by atoms with van der Waals surface area (Å²) in [5.41, 5.74) is 0. The molecule has 0 aromatic carbocycles. The number of hydrogen-bond donors (Lipinski definition) is 0. The van der Waals surface area contributed by atoms with Gasteiger partial charge in [-0.05, 0) is 0 Å². The van der Waals surface area contributed by atoms with Gasteiger partial charge in [0.15, 0.2) is 0 Å². The van der Waals surface area contributed by atoms with Crippen molar-refractivity contribution in [1.82, 2.24) is 0 Å². The summed E-state index contributed by atoms with van der Waals surface area (Å²) < 4.78 is 0. The van der Waals surface area contributed by atoms with Crippen LogP contribution in [0.2, 0.25) is 0 Å². The maximum Gasteiger partial charge on any atom is 3.00 e. The minimum absolute atomic E-state index is 0. The maximum absolute atomic E-state index is 8.25. The molecule has 0 saturated carbocycles. The van der Waals surface area contributed by atoms with Crippen LogP contribution >= 0.6 is 0 Å². The van der Waals surface area contributed by atoms with Crippen LogP contribution in [-0.2, 0) is 17.1 Å². The Bertz CT molecular complexity index is 69.1. The van der Waals surface area contributed by atoms with Gasteiger partial charge in [-0.25, -0.2) is 0 Å². The largest absolute Gasteiger partial charge is 3.00 e. The van der Waals surface area contributed by atoms with Crippen molar-refractivity contribution in [3.63, 3.8) is 0 Å². The van der Waals surface area contributed by atoms with Gasteiger partial charge in [-0.15, -0.1) is 0 Å². The average Bonchev–Trinajstić information content (AvgIpc) is 1.25. The summed E-state index contributed by atoms with van der Waals surface area (Å²) in [5, 5.41) is 29.5. The Morgan fingerprint density at radius 3 is 0.778 bits per heavy atom. The smallest absolute Gasteiger partial charge is 0.356 e. The molecule has 8 nitrogen and oxygen atoms in total. The molecule has 53 valence electrons. The molecule has 0 aliphatic rings. The van der Waals surface area contributed by atoms with Gasteiger partial charge in [0.2, 0.25) is 0 Å². The van der Waals surface area contributed by atoms with Crippen LogP contribution in [0.4, 0.5) is 0 Å². The fourth-order valence-corrected chi connectivity index (χ4v) is 0. The second kappa shape index (κ2) is 10.0. The van der Waals surface area contributed by atoms with Gasteiger partial charge in [0.1, 0.15) is 0 Å². The van der Waals surface area contributed by atoms with Gasteiger partial charge in [-0.2, -0.15) is 0 Å². The van der Waals surface area contributed by atoms with Crippen LogP contribution in [0.1, 0.15) is 0 Å². The third-order valence-electron chi connectivity index (χ3n) is 0. The van der Waals surface area contributed by atoms with Crippen molar-refractivity contribution in [3.8, 4) is 0 Å². The summed E-state index contributed by atoms with van der Waals surface area (Å²) in [7, 11) is 0. The van der Waals surface area contributed by atoms with E-state index in [4.69, 9.17) is 30.6 Å². The molecule has 0 spiro atoms. The van der Waals surface area contributed by atoms with Gasteiger partial charge in [-0.3, -0.25) is 0 Å². The predicted octanol–water partition coefficient (Wildman–Crippen LogP) is -0.481. The molecule has 0 aromatic rings. The van der Waals surface area contributed by atoms with Gasteiger partial charge in [0.05, 0.1) is 10.2 Å². The summed E-state index contributed by atoms with van der Waals surface area (Å²) in [6, 6.07) is 0. The zero-order valence-corrected chi connectivity index (χ0v) is 4.80. The first-order chi connectivity index (χ1) is 3.46. The van der Waals surface area contributed by atoms with Crippen molar-refractivity contribution in [1.29, 1.82) is 0 Å². The van der Waals surface area contributed by atoms with Gasteiger partial charge in [0.25, 0.3) is 0 Å². The monoisotopic (exact) mass is 180 g/mol. The fourth-order valence-electron chi connectivity index (χ4n) is 0. The molecule has 9 heteroatoms. The van der Waals surface area contributed by atoms with Gasteiger partial charge in [0, 0.05) is 0 Å². The van der Waals surface area contributed by atoms with Crippen LogP contribution in [-0.4, -0.2) is 10.2 Å². The van der Waals surface area contributed by atoms with Crippen molar-refractivity contribution in [2.24, 2.45) is 0 Å². The van der Waals surface area contributed by atoms with Crippen LogP contribution in [0.3, 0.4) is 0 Å². The first kappa shape index (κ1) is 15.7. The number of rotatable bonds is 0. The van der Waals surface area contributed by atoms with Gasteiger partial charge < -0.3 is 30.6 Å². The molecule has 9 heavy (non-hydrogen) atoms. The second-order valence-electron chi connectivity index (χ2n) is 0.447. The summed E-state index contributed by atoms with van der Waals surface area (Å²) in [5.74, 6) is 0. The van der Waals surface area contributed by atoms with E-state index in [0.29, 0.717) is 0 Å². The zero-order chi connectivity index (χ0) is 7.15. The topological polar surface area (TPSA) is 132 Å². The minimum atomic E-state index is -1.75. The zero-order valence-electron chi connectivity index (χ0n) is 3.70. The Labute approximate surface area is 58.8 Å². The molecular weight excluding hydrogens is 180 g/mol. The normalized spacial score (nSPS) is 5.33. The predicted molar refractivity (Wildman–Crippen MR) is 20.7 cm³/mol. The molecule has 0 aliphatic carbocycles. The number of nitrogens with zero attached hydrogens (tertiary/aromatic N) is 2. The molecule has 0 fully saturated rings. The summed E-state index contributed by atoms with van der Waals surface area (Å²) in [6.07, 6.45) is 0. The standard InChI is InChI=1S/Fe.2NO3/c;2*2-1(3)4/q+3;2*-1. The van der Waals surface area contributed by atoms with Crippen molar-refractivity contribution in [2.45, 2.75) is 0 Å². The van der Waals surface area contributed by atoms with Crippen molar-refractivity contribution < 1.29 is 27.2 Å². The van der Waals surface area contributed by atoms with E-state index in [2.05, 4.69) is 0 Å². The summed E-state index contributed by atoms with van der Waals surface area (Å²) in [4.78, 5) is 16.5. The van der Waals surface area contributed by atoms with E-state index >= 15 is 0 Å². The quantitative estimate of drug-likeness (QED) is 0.280. The van der Waals surface area contributed by atoms with E-state index in [1.165, 1.54) is 0 Å². The molecule has 0 amide bonds. The second-order valence-corrected chi connectivity index (χ2v) is 0.447. The van der Waals surface area contributed by atoms with Crippen molar-refractivity contribution in [3.05, 3.63) is 30.6 Å². The van der Waals surface area contributed by atoms with E-state index in [0.717, 1.165) is 0 Å². The molecule has 0 saturated heterocycles. The van der Waals surface area contributed by atoms with Crippen LogP contribution in [0.5, 0.6) is 0 Å². The van der Waals surface area contributed by atoms with Gasteiger partial charge >= 0.3 is 17.1 Å². The van der Waals surface area contributed by atoms with Crippen molar-refractivity contribution >= 4 is 0 Å². The number of hydrogen-bond acceptors (Lipinski definition) is 6. The van der Waals surface area contributed by atoms with E-state index < -0.39 is 10.2 Å². The first-order valence-electron chi connectivity index (χ1n) is 1.10. The summed E-state index contributed by atoms with van der Waals surface area (Å²) in [6.45, 7) is 0. The molecule has 0 N–H and O–H groups in total. The van der Waals surface area contributed by atoms with Crippen molar-refractivity contribution in [2.75, 3.05) is 0 Å². The fraction of sp³-hybridized carbons (Fsp3) is 0. The Balaban J connectivity index is -0.0000000720. The summed E-state index contributed by atoms with van der Waals surface area (Å²) >= 11 is 0. The minimum Gasteiger partial charge on any atom is -0.356 e. The van der Waals surface area contributed by atoms with E-state index in [1.807, 2.05) is 0 Å². The van der Waals surface area contributed by atoms with E-state index in [1.54, 1.807) is 0 Å². The molecule has 0 aliphatic heterocycles. The SMILES string of the molecule is O=[N+]([O-])[O-].O=[N+]([O-])[O-].[Fe+3]. The van der Waals surface area contributed by atoms with Crippen LogP contribution in [0, 0.1) is 30.6 Å². The molecule has 0 heterocycles. The Morgan fingerprint density at radius 2 is 0.778 bits per heavy atom. The first-order valence-corrected chi connectivity index (χ1v) is 1.10. The third kappa shape index (κ3) is 143. The maximum atomic E-state index is 8.25. The molecule has 0 unspecified atom stereocenters. The average molecular weight is 180 g/mol. The van der Waals surface area contributed by atoms with E-state index in [9.17, 15) is 0 Å². The Hall–Kier alpha value is -1.08. The van der Waals surface area contributed by atoms with Crippen LogP contribution in [0.15, 0.2) is 0 Å². The van der Waals surface area contributed by atoms with Crippen LogP contribution in [0.25, 0.3) is 0 Å². The molecule has 0 atom stereocenters. The van der Waals surface area contributed by atoms with E-state index in [-0.39, 0.29) is 17.1 Å². The Kier molecular flexibility index (Phi) is 17.4. The third-order valence-corrected chi connectivity index (χ3v) is 0. The Morgan fingerprint density at radius 1 is 0.778 bits per heavy atom. The molecule has 0 rings (SSSR count). The molecule has 0 aromatic heterocycles. The molecular formula is FeN2O6+. The molecule has 0 bridgehead atoms. The molecule has 1 radical (unpaired) electrons.